The number of anilines is 1. The fourth-order valence-corrected chi connectivity index (χ4v) is 3.50. The number of nitrogens with one attached hydrogen (secondary N) is 1. The number of carbonyl (C=O) groups excluding carboxylic acids is 2. The van der Waals surface area contributed by atoms with Gasteiger partial charge in [0.15, 0.2) is 12.4 Å². The number of ketones is 1. The van der Waals surface area contributed by atoms with E-state index in [1.165, 1.54) is 23.4 Å². The molecular formula is C22H19NO3. The molecule has 1 N–H and O–H groups in total. The number of aryl methyl sites for hydroxylation is 2. The smallest absolute Gasteiger partial charge is 0.262 e. The summed E-state index contributed by atoms with van der Waals surface area (Å²) in [6.07, 6.45) is 2.11. The molecule has 0 aliphatic heterocycles. The average Bonchev–Trinajstić information content (AvgIpc) is 3.07. The topological polar surface area (TPSA) is 55.4 Å². The van der Waals surface area contributed by atoms with Crippen molar-refractivity contribution in [3.05, 3.63) is 71.3 Å². The van der Waals surface area contributed by atoms with Gasteiger partial charge in [0, 0.05) is 16.6 Å². The largest absolute Gasteiger partial charge is 0.484 e. The van der Waals surface area contributed by atoms with Crippen LogP contribution < -0.4 is 10.1 Å². The molecule has 4 rings (SSSR count). The van der Waals surface area contributed by atoms with Crippen molar-refractivity contribution in [1.29, 1.82) is 0 Å². The highest BCUT2D eigenvalue weighted by Crippen LogP contribution is 2.34. The Bertz CT molecular complexity index is 1010. The van der Waals surface area contributed by atoms with E-state index < -0.39 is 0 Å². The maximum absolute atomic E-state index is 12.3. The summed E-state index contributed by atoms with van der Waals surface area (Å²) < 4.78 is 5.54. The Morgan fingerprint density at radius 1 is 1.00 bits per heavy atom. The van der Waals surface area contributed by atoms with Gasteiger partial charge in [-0.25, -0.2) is 0 Å². The minimum absolute atomic E-state index is 0.0345. The van der Waals surface area contributed by atoms with Crippen LogP contribution in [0.4, 0.5) is 5.69 Å². The van der Waals surface area contributed by atoms with Crippen LogP contribution in [0.5, 0.6) is 5.75 Å². The number of hydrogen-bond acceptors (Lipinski definition) is 3. The first-order valence-corrected chi connectivity index (χ1v) is 8.69. The van der Waals surface area contributed by atoms with E-state index >= 15 is 0 Å². The van der Waals surface area contributed by atoms with Gasteiger partial charge in [-0.3, -0.25) is 9.59 Å². The molecule has 0 unspecified atom stereocenters. The highest BCUT2D eigenvalue weighted by molar-refractivity contribution is 6.05. The number of ether oxygens (including phenoxy) is 1. The molecule has 3 aromatic carbocycles. The van der Waals surface area contributed by atoms with E-state index in [0.29, 0.717) is 11.3 Å². The van der Waals surface area contributed by atoms with Gasteiger partial charge in [0.2, 0.25) is 0 Å². The van der Waals surface area contributed by atoms with Crippen LogP contribution >= 0.6 is 0 Å². The fourth-order valence-electron chi connectivity index (χ4n) is 3.50. The molecule has 4 nitrogen and oxygen atoms in total. The van der Waals surface area contributed by atoms with Gasteiger partial charge in [-0.2, -0.15) is 0 Å². The van der Waals surface area contributed by atoms with E-state index in [2.05, 4.69) is 17.4 Å². The third-order valence-electron chi connectivity index (χ3n) is 4.76. The molecule has 1 aliphatic carbocycles. The second-order valence-corrected chi connectivity index (χ2v) is 6.53. The normalized spacial score (nSPS) is 12.2. The molecule has 0 radical (unpaired) electrons. The van der Waals surface area contributed by atoms with Crippen LogP contribution in [0.1, 0.15) is 28.4 Å². The lowest BCUT2D eigenvalue weighted by Crippen LogP contribution is -2.20. The monoisotopic (exact) mass is 345 g/mol. The minimum Gasteiger partial charge on any atom is -0.484 e. The number of hydrogen-bond donors (Lipinski definition) is 1. The summed E-state index contributed by atoms with van der Waals surface area (Å²) in [4.78, 5) is 23.8. The Kier molecular flexibility index (Phi) is 4.17. The highest BCUT2D eigenvalue weighted by Gasteiger charge is 2.16. The maximum atomic E-state index is 12.3. The van der Waals surface area contributed by atoms with Gasteiger partial charge in [0.1, 0.15) is 5.75 Å². The van der Waals surface area contributed by atoms with Crippen LogP contribution in [-0.2, 0) is 17.6 Å². The number of benzene rings is 3. The van der Waals surface area contributed by atoms with Crippen molar-refractivity contribution in [3.63, 3.8) is 0 Å². The van der Waals surface area contributed by atoms with Crippen molar-refractivity contribution in [3.8, 4) is 5.75 Å². The van der Waals surface area contributed by atoms with Crippen molar-refractivity contribution >= 4 is 28.2 Å². The van der Waals surface area contributed by atoms with Gasteiger partial charge in [-0.15, -0.1) is 0 Å². The molecule has 0 saturated heterocycles. The molecule has 0 bridgehead atoms. The molecule has 26 heavy (non-hydrogen) atoms. The lowest BCUT2D eigenvalue weighted by atomic mass is 10.0. The fraction of sp³-hybridized carbons (Fsp3) is 0.182. The molecule has 3 aromatic rings. The van der Waals surface area contributed by atoms with Gasteiger partial charge in [-0.1, -0.05) is 36.4 Å². The van der Waals surface area contributed by atoms with Crippen molar-refractivity contribution < 1.29 is 14.3 Å². The first kappa shape index (κ1) is 16.3. The van der Waals surface area contributed by atoms with Crippen LogP contribution in [0.2, 0.25) is 0 Å². The van der Waals surface area contributed by atoms with E-state index in [0.717, 1.165) is 23.9 Å². The zero-order valence-corrected chi connectivity index (χ0v) is 14.5. The van der Waals surface area contributed by atoms with E-state index in [1.807, 2.05) is 18.2 Å². The zero-order valence-electron chi connectivity index (χ0n) is 14.5. The average molecular weight is 345 g/mol. The van der Waals surface area contributed by atoms with Gasteiger partial charge < -0.3 is 10.1 Å². The quantitative estimate of drug-likeness (QED) is 0.707. The summed E-state index contributed by atoms with van der Waals surface area (Å²) in [5.74, 6) is 0.248. The Hall–Kier alpha value is -3.14. The highest BCUT2D eigenvalue weighted by atomic mass is 16.5. The van der Waals surface area contributed by atoms with Crippen molar-refractivity contribution in [1.82, 2.24) is 0 Å². The standard InChI is InChI=1S/C22H19NO3/c1-14(24)17-5-2-6-18(12-17)26-13-21(25)23-20-11-10-16-9-8-15-4-3-7-19(20)22(15)16/h2-7,10-12H,8-9,13H2,1H3,(H,23,25). The lowest BCUT2D eigenvalue weighted by Gasteiger charge is -2.11. The third kappa shape index (κ3) is 3.06. The summed E-state index contributed by atoms with van der Waals surface area (Å²) >= 11 is 0. The van der Waals surface area contributed by atoms with Crippen LogP contribution in [0.25, 0.3) is 10.8 Å². The first-order chi connectivity index (χ1) is 12.6. The molecule has 0 atom stereocenters. The number of rotatable bonds is 5. The SMILES string of the molecule is CC(=O)c1cccc(OCC(=O)Nc2ccc3c4c(cccc24)CC3)c1. The molecular weight excluding hydrogens is 326 g/mol. The number of Topliss-reactive ketones (excluding diaryl/α,β-unsaturated/α-hetero) is 1. The molecule has 0 saturated carbocycles. The van der Waals surface area contributed by atoms with E-state index in [1.54, 1.807) is 24.3 Å². The van der Waals surface area contributed by atoms with Crippen LogP contribution in [0, 0.1) is 0 Å². The molecule has 0 fully saturated rings. The van der Waals surface area contributed by atoms with E-state index in [-0.39, 0.29) is 18.3 Å². The maximum Gasteiger partial charge on any atom is 0.262 e. The van der Waals surface area contributed by atoms with E-state index in [9.17, 15) is 9.59 Å². The molecule has 1 amide bonds. The van der Waals surface area contributed by atoms with Crippen LogP contribution in [0.15, 0.2) is 54.6 Å². The molecule has 1 aliphatic rings. The Balaban J connectivity index is 1.49. The minimum atomic E-state index is -0.225. The summed E-state index contributed by atoms with van der Waals surface area (Å²) in [7, 11) is 0. The predicted molar refractivity (Wildman–Crippen MR) is 102 cm³/mol. The van der Waals surface area contributed by atoms with Crippen LogP contribution in [-0.4, -0.2) is 18.3 Å². The molecule has 130 valence electrons. The van der Waals surface area contributed by atoms with Crippen molar-refractivity contribution in [2.45, 2.75) is 19.8 Å². The number of amides is 1. The van der Waals surface area contributed by atoms with Gasteiger partial charge in [-0.05, 0) is 54.5 Å². The summed E-state index contributed by atoms with van der Waals surface area (Å²) in [5.41, 5.74) is 4.05. The Morgan fingerprint density at radius 2 is 1.77 bits per heavy atom. The predicted octanol–water partition coefficient (Wildman–Crippen LogP) is 4.16. The van der Waals surface area contributed by atoms with Crippen molar-refractivity contribution in [2.24, 2.45) is 0 Å². The molecule has 0 spiro atoms. The van der Waals surface area contributed by atoms with Crippen molar-refractivity contribution in [2.75, 3.05) is 11.9 Å². The molecule has 4 heteroatoms. The zero-order chi connectivity index (χ0) is 18.1. The first-order valence-electron chi connectivity index (χ1n) is 8.69. The Labute approximate surface area is 151 Å². The Morgan fingerprint density at radius 3 is 2.58 bits per heavy atom. The number of carbonyl (C=O) groups is 2. The second-order valence-electron chi connectivity index (χ2n) is 6.53. The summed E-state index contributed by atoms with van der Waals surface area (Å²) in [6.45, 7) is 1.39. The van der Waals surface area contributed by atoms with Crippen LogP contribution in [0.3, 0.4) is 0 Å². The lowest BCUT2D eigenvalue weighted by molar-refractivity contribution is -0.118. The summed E-state index contributed by atoms with van der Waals surface area (Å²) in [6, 6.07) is 17.1. The van der Waals surface area contributed by atoms with Gasteiger partial charge >= 0.3 is 0 Å². The van der Waals surface area contributed by atoms with Gasteiger partial charge in [0.25, 0.3) is 5.91 Å². The second kappa shape index (κ2) is 6.64. The molecule has 0 aromatic heterocycles. The third-order valence-corrected chi connectivity index (χ3v) is 4.76. The molecule has 0 heterocycles. The van der Waals surface area contributed by atoms with Gasteiger partial charge in [0.05, 0.1) is 0 Å². The summed E-state index contributed by atoms with van der Waals surface area (Å²) in [5, 5.41) is 5.28. The van der Waals surface area contributed by atoms with E-state index in [4.69, 9.17) is 4.74 Å².